The van der Waals surface area contributed by atoms with Gasteiger partial charge in [0.15, 0.2) is 0 Å². The third-order valence-electron chi connectivity index (χ3n) is 7.70. The minimum absolute atomic E-state index is 0.0797. The predicted molar refractivity (Wildman–Crippen MR) is 164 cm³/mol. The molecule has 0 fully saturated rings. The summed E-state index contributed by atoms with van der Waals surface area (Å²) in [6.45, 7) is 6.78. The van der Waals surface area contributed by atoms with Crippen LogP contribution in [0.2, 0.25) is 0 Å². The summed E-state index contributed by atoms with van der Waals surface area (Å²) in [7, 11) is 3.52. The van der Waals surface area contributed by atoms with Crippen LogP contribution < -0.4 is 10.1 Å². The van der Waals surface area contributed by atoms with Crippen molar-refractivity contribution in [2.45, 2.75) is 32.5 Å². The molecule has 0 radical (unpaired) electrons. The lowest BCUT2D eigenvalue weighted by Crippen LogP contribution is -2.46. The SMILES string of the molecule is CO[C@H]1CN(C)C(=O)c2cc(Nc3ncccn3)ccc2OC[C@H](C)N(Cc2ccc(-c3ccccn3)cc2)C[C@@H]1C. The Hall–Kier alpha value is -4.34. The number of aromatic nitrogens is 3. The molecule has 1 aliphatic heterocycles. The summed E-state index contributed by atoms with van der Waals surface area (Å²) in [4.78, 5) is 30.7. The second-order valence-corrected chi connectivity index (χ2v) is 10.8. The van der Waals surface area contributed by atoms with E-state index < -0.39 is 0 Å². The summed E-state index contributed by atoms with van der Waals surface area (Å²) < 4.78 is 12.3. The van der Waals surface area contributed by atoms with E-state index in [0.717, 1.165) is 24.3 Å². The number of anilines is 2. The number of benzene rings is 2. The Morgan fingerprint density at radius 1 is 0.952 bits per heavy atom. The number of hydrogen-bond acceptors (Lipinski definition) is 8. The molecule has 1 N–H and O–H groups in total. The number of amides is 1. The molecule has 9 nitrogen and oxygen atoms in total. The van der Waals surface area contributed by atoms with Gasteiger partial charge in [-0.3, -0.25) is 14.7 Å². The van der Waals surface area contributed by atoms with Crippen molar-refractivity contribution < 1.29 is 14.3 Å². The van der Waals surface area contributed by atoms with Crippen LogP contribution in [0.5, 0.6) is 5.75 Å². The van der Waals surface area contributed by atoms with E-state index in [0.29, 0.717) is 36.1 Å². The third-order valence-corrected chi connectivity index (χ3v) is 7.70. The third kappa shape index (κ3) is 7.10. The van der Waals surface area contributed by atoms with Crippen LogP contribution in [-0.2, 0) is 11.3 Å². The molecule has 42 heavy (non-hydrogen) atoms. The fraction of sp³-hybridized carbons (Fsp3) is 0.333. The molecule has 1 amide bonds. The summed E-state index contributed by atoms with van der Waals surface area (Å²) in [5.41, 5.74) is 4.44. The zero-order valence-corrected chi connectivity index (χ0v) is 24.6. The van der Waals surface area contributed by atoms with Crippen molar-refractivity contribution in [2.24, 2.45) is 5.92 Å². The molecule has 218 valence electrons. The zero-order valence-electron chi connectivity index (χ0n) is 24.6. The maximum Gasteiger partial charge on any atom is 0.257 e. The minimum atomic E-state index is -0.136. The summed E-state index contributed by atoms with van der Waals surface area (Å²) in [5.74, 6) is 1.04. The first kappa shape index (κ1) is 29.2. The molecular weight excluding hydrogens is 528 g/mol. The number of hydrogen-bond donors (Lipinski definition) is 1. The van der Waals surface area contributed by atoms with Crippen molar-refractivity contribution in [1.82, 2.24) is 24.8 Å². The average Bonchev–Trinajstić information content (AvgIpc) is 3.02. The van der Waals surface area contributed by atoms with Crippen LogP contribution in [0.1, 0.15) is 29.8 Å². The first-order chi connectivity index (χ1) is 20.4. The molecular formula is C33H38N6O3. The lowest BCUT2D eigenvalue weighted by molar-refractivity contribution is 0.00922. The molecule has 2 aromatic heterocycles. The first-order valence-corrected chi connectivity index (χ1v) is 14.2. The molecule has 3 atom stereocenters. The van der Waals surface area contributed by atoms with E-state index in [1.165, 1.54) is 5.56 Å². The second-order valence-electron chi connectivity index (χ2n) is 10.8. The van der Waals surface area contributed by atoms with Crippen molar-refractivity contribution in [3.05, 3.63) is 96.4 Å². The van der Waals surface area contributed by atoms with Crippen LogP contribution in [0.15, 0.2) is 85.3 Å². The standard InChI is InChI=1S/C33H38N6O3/c1-23-19-39(20-25-9-11-26(12-10-25)29-8-5-6-15-34-29)24(2)22-42-30-14-13-27(37-33-35-16-7-17-36-33)18-28(30)32(40)38(3)21-31(23)41-4/h5-18,23-24,31H,19-22H2,1-4H3,(H,35,36,37)/t23-,24-,31-/m0/s1. The first-order valence-electron chi connectivity index (χ1n) is 14.2. The Kier molecular flexibility index (Phi) is 9.41. The second kappa shape index (κ2) is 13.5. The number of nitrogens with one attached hydrogen (secondary N) is 1. The van der Waals surface area contributed by atoms with E-state index in [1.807, 2.05) is 36.5 Å². The molecule has 5 rings (SSSR count). The van der Waals surface area contributed by atoms with Crippen LogP contribution >= 0.6 is 0 Å². The number of rotatable bonds is 6. The zero-order chi connectivity index (χ0) is 29.5. The van der Waals surface area contributed by atoms with Crippen molar-refractivity contribution in [2.75, 3.05) is 39.2 Å². The summed E-state index contributed by atoms with van der Waals surface area (Å²) in [5, 5.41) is 3.17. The number of nitrogens with zero attached hydrogens (tertiary/aromatic N) is 5. The van der Waals surface area contributed by atoms with Crippen LogP contribution in [-0.4, -0.2) is 76.7 Å². The molecule has 0 saturated heterocycles. The maximum absolute atomic E-state index is 13.7. The number of carbonyl (C=O) groups is 1. The molecule has 0 unspecified atom stereocenters. The highest BCUT2D eigenvalue weighted by atomic mass is 16.5. The molecule has 9 heteroatoms. The molecule has 3 heterocycles. The van der Waals surface area contributed by atoms with Crippen molar-refractivity contribution >= 4 is 17.5 Å². The van der Waals surface area contributed by atoms with Gasteiger partial charge in [-0.15, -0.1) is 0 Å². The van der Waals surface area contributed by atoms with Crippen LogP contribution in [0.4, 0.5) is 11.6 Å². The molecule has 0 bridgehead atoms. The van der Waals surface area contributed by atoms with Gasteiger partial charge in [0.05, 0.1) is 17.4 Å². The van der Waals surface area contributed by atoms with Gasteiger partial charge in [-0.2, -0.15) is 0 Å². The van der Waals surface area contributed by atoms with Crippen LogP contribution in [0, 0.1) is 5.92 Å². The molecule has 1 aliphatic rings. The maximum atomic E-state index is 13.7. The van der Waals surface area contributed by atoms with Gasteiger partial charge in [-0.05, 0) is 54.8 Å². The van der Waals surface area contributed by atoms with E-state index in [-0.39, 0.29) is 24.0 Å². The van der Waals surface area contributed by atoms with Crippen molar-refractivity contribution in [3.63, 3.8) is 0 Å². The number of likely N-dealkylation sites (N-methyl/N-ethyl adjacent to an activating group) is 1. The van der Waals surface area contributed by atoms with Gasteiger partial charge in [-0.1, -0.05) is 37.3 Å². The quantitative estimate of drug-likeness (QED) is 0.337. The molecule has 0 aliphatic carbocycles. The number of carbonyl (C=O) groups excluding carboxylic acids is 1. The van der Waals surface area contributed by atoms with Crippen LogP contribution in [0.25, 0.3) is 11.3 Å². The highest BCUT2D eigenvalue weighted by Gasteiger charge is 2.28. The summed E-state index contributed by atoms with van der Waals surface area (Å²) in [6, 6.07) is 21.9. The van der Waals surface area contributed by atoms with Crippen molar-refractivity contribution in [1.29, 1.82) is 0 Å². The Bertz CT molecular complexity index is 1450. The Morgan fingerprint density at radius 3 is 2.43 bits per heavy atom. The summed E-state index contributed by atoms with van der Waals surface area (Å²) in [6.07, 6.45) is 5.01. The lowest BCUT2D eigenvalue weighted by Gasteiger charge is -2.36. The van der Waals surface area contributed by atoms with Gasteiger partial charge >= 0.3 is 0 Å². The van der Waals surface area contributed by atoms with Crippen LogP contribution in [0.3, 0.4) is 0 Å². The van der Waals surface area contributed by atoms with E-state index in [4.69, 9.17) is 9.47 Å². The molecule has 0 spiro atoms. The number of methoxy groups -OCH3 is 1. The number of ether oxygens (including phenoxy) is 2. The van der Waals surface area contributed by atoms with Gasteiger partial charge in [0.25, 0.3) is 5.91 Å². The fourth-order valence-electron chi connectivity index (χ4n) is 5.19. The van der Waals surface area contributed by atoms with Gasteiger partial charge < -0.3 is 19.7 Å². The van der Waals surface area contributed by atoms with Crippen molar-refractivity contribution in [3.8, 4) is 17.0 Å². The van der Waals surface area contributed by atoms with Gasteiger partial charge in [0.2, 0.25) is 5.95 Å². The number of pyridine rings is 1. The van der Waals surface area contributed by atoms with E-state index >= 15 is 0 Å². The van der Waals surface area contributed by atoms with E-state index in [9.17, 15) is 4.79 Å². The van der Waals surface area contributed by atoms with Gasteiger partial charge in [0.1, 0.15) is 12.4 Å². The topological polar surface area (TPSA) is 92.7 Å². The van der Waals surface area contributed by atoms with E-state index in [1.54, 1.807) is 43.6 Å². The van der Waals surface area contributed by atoms with Gasteiger partial charge in [-0.25, -0.2) is 9.97 Å². The Balaban J connectivity index is 1.39. The largest absolute Gasteiger partial charge is 0.491 e. The Morgan fingerprint density at radius 2 is 1.71 bits per heavy atom. The fourth-order valence-corrected chi connectivity index (χ4v) is 5.19. The van der Waals surface area contributed by atoms with Gasteiger partial charge in [0, 0.05) is 69.7 Å². The number of fused-ring (bicyclic) bond motifs is 1. The highest BCUT2D eigenvalue weighted by molar-refractivity contribution is 5.98. The molecule has 4 aromatic rings. The molecule has 0 saturated carbocycles. The average molecular weight is 567 g/mol. The minimum Gasteiger partial charge on any atom is -0.491 e. The lowest BCUT2D eigenvalue weighted by atomic mass is 10.0. The Labute approximate surface area is 247 Å². The smallest absolute Gasteiger partial charge is 0.257 e. The van der Waals surface area contributed by atoms with E-state index in [2.05, 4.69) is 63.3 Å². The molecule has 2 aromatic carbocycles. The monoisotopic (exact) mass is 566 g/mol. The normalized spacial score (nSPS) is 20.1. The predicted octanol–water partition coefficient (Wildman–Crippen LogP) is 5.29. The highest BCUT2D eigenvalue weighted by Crippen LogP contribution is 2.28. The summed E-state index contributed by atoms with van der Waals surface area (Å²) >= 11 is 0.